The highest BCUT2D eigenvalue weighted by Gasteiger charge is 2.14. The van der Waals surface area contributed by atoms with E-state index in [2.05, 4.69) is 16.7 Å². The average molecular weight is 296 g/mol. The number of aryl methyl sites for hydroxylation is 3. The molecule has 4 nitrogen and oxygen atoms in total. The predicted octanol–water partition coefficient (Wildman–Crippen LogP) is 2.87. The molecule has 0 atom stereocenters. The highest BCUT2D eigenvalue weighted by atomic mass is 16.2. The van der Waals surface area contributed by atoms with Crippen LogP contribution in [0.15, 0.2) is 42.5 Å². The average Bonchev–Trinajstić information content (AvgIpc) is 2.48. The SMILES string of the molecule is Cc1ccc(CNC(=O)C(=O)Nc2ccccc2C)c(C)c1. The van der Waals surface area contributed by atoms with Gasteiger partial charge in [0.15, 0.2) is 0 Å². The van der Waals surface area contributed by atoms with Gasteiger partial charge in [-0.2, -0.15) is 0 Å². The van der Waals surface area contributed by atoms with Crippen molar-refractivity contribution in [2.75, 3.05) is 5.32 Å². The molecule has 0 aliphatic rings. The third-order valence-corrected chi connectivity index (χ3v) is 3.54. The topological polar surface area (TPSA) is 58.2 Å². The Morgan fingerprint density at radius 2 is 1.64 bits per heavy atom. The Bertz CT molecular complexity index is 708. The minimum Gasteiger partial charge on any atom is -0.344 e. The Labute approximate surface area is 130 Å². The molecule has 0 bridgehead atoms. The van der Waals surface area contributed by atoms with Gasteiger partial charge in [0.2, 0.25) is 0 Å². The summed E-state index contributed by atoms with van der Waals surface area (Å²) >= 11 is 0. The highest BCUT2D eigenvalue weighted by molar-refractivity contribution is 6.39. The van der Waals surface area contributed by atoms with Crippen LogP contribution in [0, 0.1) is 20.8 Å². The van der Waals surface area contributed by atoms with E-state index in [-0.39, 0.29) is 0 Å². The van der Waals surface area contributed by atoms with Gasteiger partial charge >= 0.3 is 11.8 Å². The summed E-state index contributed by atoms with van der Waals surface area (Å²) < 4.78 is 0. The van der Waals surface area contributed by atoms with Crippen LogP contribution < -0.4 is 10.6 Å². The second kappa shape index (κ2) is 6.89. The largest absolute Gasteiger partial charge is 0.344 e. The first-order valence-electron chi connectivity index (χ1n) is 7.18. The molecule has 0 spiro atoms. The van der Waals surface area contributed by atoms with Crippen molar-refractivity contribution in [3.05, 3.63) is 64.7 Å². The van der Waals surface area contributed by atoms with Gasteiger partial charge in [0.05, 0.1) is 0 Å². The highest BCUT2D eigenvalue weighted by Crippen LogP contribution is 2.13. The summed E-state index contributed by atoms with van der Waals surface area (Å²) in [5, 5.41) is 5.27. The van der Waals surface area contributed by atoms with E-state index in [1.807, 2.05) is 51.1 Å². The lowest BCUT2D eigenvalue weighted by Crippen LogP contribution is -2.35. The zero-order valence-electron chi connectivity index (χ0n) is 13.1. The number of carbonyl (C=O) groups is 2. The lowest BCUT2D eigenvalue weighted by Gasteiger charge is -2.10. The van der Waals surface area contributed by atoms with E-state index in [4.69, 9.17) is 0 Å². The molecule has 2 aromatic carbocycles. The predicted molar refractivity (Wildman–Crippen MR) is 87.6 cm³/mol. The molecule has 22 heavy (non-hydrogen) atoms. The van der Waals surface area contributed by atoms with Crippen molar-refractivity contribution in [1.29, 1.82) is 0 Å². The number of hydrogen-bond acceptors (Lipinski definition) is 2. The standard InChI is InChI=1S/C18H20N2O2/c1-12-8-9-15(14(3)10-12)11-19-17(21)18(22)20-16-7-5-4-6-13(16)2/h4-10H,11H2,1-3H3,(H,19,21)(H,20,22). The Kier molecular flexibility index (Phi) is 4.94. The van der Waals surface area contributed by atoms with Gasteiger partial charge in [0, 0.05) is 12.2 Å². The molecular weight excluding hydrogens is 276 g/mol. The van der Waals surface area contributed by atoms with Crippen molar-refractivity contribution >= 4 is 17.5 Å². The number of benzene rings is 2. The fraction of sp³-hybridized carbons (Fsp3) is 0.222. The lowest BCUT2D eigenvalue weighted by atomic mass is 10.1. The molecule has 0 saturated carbocycles. The van der Waals surface area contributed by atoms with E-state index < -0.39 is 11.8 Å². The molecule has 0 unspecified atom stereocenters. The molecule has 2 rings (SSSR count). The molecule has 0 aromatic heterocycles. The van der Waals surface area contributed by atoms with E-state index in [9.17, 15) is 9.59 Å². The van der Waals surface area contributed by atoms with Crippen LogP contribution in [0.4, 0.5) is 5.69 Å². The summed E-state index contributed by atoms with van der Waals surface area (Å²) in [4.78, 5) is 23.8. The first kappa shape index (κ1) is 15.8. The Balaban J connectivity index is 1.94. The van der Waals surface area contributed by atoms with Gasteiger partial charge in [-0.25, -0.2) is 0 Å². The van der Waals surface area contributed by atoms with Crippen LogP contribution in [0.2, 0.25) is 0 Å². The number of nitrogens with one attached hydrogen (secondary N) is 2. The molecule has 0 fully saturated rings. The smallest absolute Gasteiger partial charge is 0.313 e. The molecule has 0 aliphatic heterocycles. The summed E-state index contributed by atoms with van der Waals surface area (Å²) in [7, 11) is 0. The number of anilines is 1. The van der Waals surface area contributed by atoms with E-state index in [0.717, 1.165) is 16.7 Å². The van der Waals surface area contributed by atoms with Crippen molar-refractivity contribution in [2.24, 2.45) is 0 Å². The van der Waals surface area contributed by atoms with Crippen LogP contribution in [0.1, 0.15) is 22.3 Å². The third kappa shape index (κ3) is 3.95. The third-order valence-electron chi connectivity index (χ3n) is 3.54. The molecule has 114 valence electrons. The normalized spacial score (nSPS) is 10.1. The zero-order chi connectivity index (χ0) is 16.1. The molecule has 0 radical (unpaired) electrons. The van der Waals surface area contributed by atoms with Crippen LogP contribution in [-0.4, -0.2) is 11.8 Å². The summed E-state index contributed by atoms with van der Waals surface area (Å²) in [6, 6.07) is 13.3. The van der Waals surface area contributed by atoms with Gasteiger partial charge in [-0.3, -0.25) is 9.59 Å². The van der Waals surface area contributed by atoms with Gasteiger partial charge in [-0.1, -0.05) is 42.0 Å². The van der Waals surface area contributed by atoms with Crippen LogP contribution in [-0.2, 0) is 16.1 Å². The molecule has 2 aromatic rings. The van der Waals surface area contributed by atoms with Crippen LogP contribution >= 0.6 is 0 Å². The van der Waals surface area contributed by atoms with Crippen molar-refractivity contribution in [3.8, 4) is 0 Å². The van der Waals surface area contributed by atoms with Crippen molar-refractivity contribution in [2.45, 2.75) is 27.3 Å². The Morgan fingerprint density at radius 3 is 2.32 bits per heavy atom. The van der Waals surface area contributed by atoms with E-state index >= 15 is 0 Å². The molecule has 4 heteroatoms. The maximum atomic E-state index is 11.9. The van der Waals surface area contributed by atoms with Gasteiger partial charge in [0.1, 0.15) is 0 Å². The fourth-order valence-corrected chi connectivity index (χ4v) is 2.19. The summed E-state index contributed by atoms with van der Waals surface area (Å²) in [6.07, 6.45) is 0. The summed E-state index contributed by atoms with van der Waals surface area (Å²) in [6.45, 7) is 6.22. The molecule has 2 amide bonds. The van der Waals surface area contributed by atoms with Crippen molar-refractivity contribution in [3.63, 3.8) is 0 Å². The van der Waals surface area contributed by atoms with Crippen molar-refractivity contribution in [1.82, 2.24) is 5.32 Å². The number of para-hydroxylation sites is 1. The Morgan fingerprint density at radius 1 is 0.909 bits per heavy atom. The van der Waals surface area contributed by atoms with E-state index in [0.29, 0.717) is 12.2 Å². The fourth-order valence-electron chi connectivity index (χ4n) is 2.19. The molecular formula is C18H20N2O2. The van der Waals surface area contributed by atoms with Crippen molar-refractivity contribution < 1.29 is 9.59 Å². The first-order chi connectivity index (χ1) is 10.5. The van der Waals surface area contributed by atoms with Gasteiger partial charge in [-0.15, -0.1) is 0 Å². The van der Waals surface area contributed by atoms with Gasteiger partial charge in [0.25, 0.3) is 0 Å². The number of amides is 2. The first-order valence-corrected chi connectivity index (χ1v) is 7.18. The maximum Gasteiger partial charge on any atom is 0.313 e. The Hall–Kier alpha value is -2.62. The molecule has 2 N–H and O–H groups in total. The summed E-state index contributed by atoms with van der Waals surface area (Å²) in [5.74, 6) is -1.29. The van der Waals surface area contributed by atoms with Gasteiger partial charge in [-0.05, 0) is 43.5 Å². The number of hydrogen-bond donors (Lipinski definition) is 2. The lowest BCUT2D eigenvalue weighted by molar-refractivity contribution is -0.136. The minimum atomic E-state index is -0.654. The summed E-state index contributed by atoms with van der Waals surface area (Å²) in [5.41, 5.74) is 4.83. The van der Waals surface area contributed by atoms with E-state index in [1.165, 1.54) is 5.56 Å². The minimum absolute atomic E-state index is 0.339. The van der Waals surface area contributed by atoms with Crippen LogP contribution in [0.5, 0.6) is 0 Å². The van der Waals surface area contributed by atoms with Crippen LogP contribution in [0.3, 0.4) is 0 Å². The molecule has 0 aliphatic carbocycles. The van der Waals surface area contributed by atoms with Crippen LogP contribution in [0.25, 0.3) is 0 Å². The molecule has 0 heterocycles. The number of carbonyl (C=O) groups excluding carboxylic acids is 2. The quantitative estimate of drug-likeness (QED) is 0.856. The second-order valence-corrected chi connectivity index (χ2v) is 5.38. The van der Waals surface area contributed by atoms with E-state index in [1.54, 1.807) is 6.07 Å². The second-order valence-electron chi connectivity index (χ2n) is 5.38. The maximum absolute atomic E-state index is 11.9. The van der Waals surface area contributed by atoms with Gasteiger partial charge < -0.3 is 10.6 Å². The monoisotopic (exact) mass is 296 g/mol. The molecule has 0 saturated heterocycles. The number of rotatable bonds is 3. The zero-order valence-corrected chi connectivity index (χ0v) is 13.1.